The fourth-order valence-corrected chi connectivity index (χ4v) is 4.58. The first-order chi connectivity index (χ1) is 17.0. The third-order valence-corrected chi connectivity index (χ3v) is 6.49. The molecule has 36 heavy (non-hydrogen) atoms. The van der Waals surface area contributed by atoms with Crippen molar-refractivity contribution in [1.29, 1.82) is 0 Å². The van der Waals surface area contributed by atoms with Gasteiger partial charge in [0.15, 0.2) is 21.5 Å². The van der Waals surface area contributed by atoms with E-state index >= 15 is 0 Å². The molecule has 2 heterocycles. The minimum atomic E-state index is -3.51. The summed E-state index contributed by atoms with van der Waals surface area (Å²) in [5.74, 6) is 1.12. The summed E-state index contributed by atoms with van der Waals surface area (Å²) in [7, 11) is -3.51. The molecule has 0 unspecified atom stereocenters. The average Bonchev–Trinajstić information content (AvgIpc) is 2.83. The summed E-state index contributed by atoms with van der Waals surface area (Å²) in [6, 6.07) is 13.5. The van der Waals surface area contributed by atoms with Crippen LogP contribution >= 0.6 is 0 Å². The number of benzene rings is 2. The Morgan fingerprint density at radius 3 is 2.22 bits per heavy atom. The van der Waals surface area contributed by atoms with Crippen molar-refractivity contribution in [2.45, 2.75) is 31.2 Å². The number of ether oxygens (including phenoxy) is 1. The third kappa shape index (κ3) is 6.35. The predicted octanol–water partition coefficient (Wildman–Crippen LogP) is 3.37. The Kier molecular flexibility index (Phi) is 7.23. The van der Waals surface area contributed by atoms with Crippen molar-refractivity contribution >= 4 is 27.5 Å². The van der Waals surface area contributed by atoms with Crippen LogP contribution < -0.4 is 15.5 Å². The van der Waals surface area contributed by atoms with Crippen LogP contribution in [0.5, 0.6) is 0 Å². The fraction of sp³-hybridized carbons (Fsp3) is 0.360. The van der Waals surface area contributed by atoms with Crippen LogP contribution in [-0.2, 0) is 14.6 Å². The molecular weight excluding hydrogens is 480 g/mol. The number of nitrogens with one attached hydrogen (secondary N) is 2. The highest BCUT2D eigenvalue weighted by molar-refractivity contribution is 7.90. The number of anilines is 2. The zero-order valence-electron chi connectivity index (χ0n) is 20.8. The van der Waals surface area contributed by atoms with Crippen LogP contribution in [0.25, 0.3) is 22.8 Å². The first kappa shape index (κ1) is 25.5. The van der Waals surface area contributed by atoms with E-state index < -0.39 is 9.84 Å². The van der Waals surface area contributed by atoms with Gasteiger partial charge in [0.1, 0.15) is 0 Å². The highest BCUT2D eigenvalue weighted by Crippen LogP contribution is 2.28. The summed E-state index contributed by atoms with van der Waals surface area (Å²) < 4.78 is 30.3. The van der Waals surface area contributed by atoms with Gasteiger partial charge in [-0.05, 0) is 57.2 Å². The molecule has 2 N–H and O–H groups in total. The molecule has 2 aromatic carbocycles. The molecule has 1 saturated heterocycles. The normalized spacial score (nSPS) is 14.4. The first-order valence-electron chi connectivity index (χ1n) is 11.6. The molecule has 4 rings (SSSR count). The predicted molar refractivity (Wildman–Crippen MR) is 139 cm³/mol. The van der Waals surface area contributed by atoms with E-state index in [1.54, 1.807) is 48.5 Å². The Balaban J connectivity index is 1.73. The standard InChI is InChI=1S/C25H30N6O4S/c1-25(2,3)30-24(32)26-18-11-9-17(10-12-18)21-27-22(19-7-5-6-8-20(19)36(4,33)34)29-23(28-21)31-13-15-35-16-14-31/h5-12H,13-16H2,1-4H3,(H2,26,30,32). The molecular formula is C25H30N6O4S. The van der Waals surface area contributed by atoms with Gasteiger partial charge in [-0.1, -0.05) is 12.1 Å². The van der Waals surface area contributed by atoms with E-state index in [0.717, 1.165) is 0 Å². The Labute approximate surface area is 211 Å². The number of hydrogen-bond acceptors (Lipinski definition) is 8. The lowest BCUT2D eigenvalue weighted by Crippen LogP contribution is -2.43. The van der Waals surface area contributed by atoms with Gasteiger partial charge in [0, 0.05) is 41.7 Å². The lowest BCUT2D eigenvalue weighted by atomic mass is 10.1. The molecule has 3 aromatic rings. The van der Waals surface area contributed by atoms with E-state index in [-0.39, 0.29) is 22.3 Å². The quantitative estimate of drug-likeness (QED) is 0.535. The van der Waals surface area contributed by atoms with E-state index in [0.29, 0.717) is 54.9 Å². The molecule has 190 valence electrons. The number of sulfone groups is 1. The lowest BCUT2D eigenvalue weighted by molar-refractivity contribution is 0.122. The molecule has 0 saturated carbocycles. The van der Waals surface area contributed by atoms with Gasteiger partial charge in [-0.15, -0.1) is 0 Å². The summed E-state index contributed by atoms with van der Waals surface area (Å²) in [4.78, 5) is 28.3. The Morgan fingerprint density at radius 2 is 1.58 bits per heavy atom. The van der Waals surface area contributed by atoms with Gasteiger partial charge in [-0.3, -0.25) is 0 Å². The maximum Gasteiger partial charge on any atom is 0.319 e. The third-order valence-electron chi connectivity index (χ3n) is 5.33. The number of aromatic nitrogens is 3. The van der Waals surface area contributed by atoms with Crippen LogP contribution in [0.2, 0.25) is 0 Å². The molecule has 1 aliphatic heterocycles. The summed E-state index contributed by atoms with van der Waals surface area (Å²) >= 11 is 0. The van der Waals surface area contributed by atoms with Gasteiger partial charge in [-0.2, -0.15) is 9.97 Å². The zero-order chi connectivity index (χ0) is 25.9. The summed E-state index contributed by atoms with van der Waals surface area (Å²) in [6.45, 7) is 8.04. The number of morpholine rings is 1. The minimum Gasteiger partial charge on any atom is -0.378 e. The topological polar surface area (TPSA) is 126 Å². The number of carbonyl (C=O) groups is 1. The second-order valence-corrected chi connectivity index (χ2v) is 11.5. The molecule has 2 amide bonds. The molecule has 0 bridgehead atoms. The number of nitrogens with zero attached hydrogens (tertiary/aromatic N) is 4. The van der Waals surface area contributed by atoms with Crippen molar-refractivity contribution in [1.82, 2.24) is 20.3 Å². The van der Waals surface area contributed by atoms with Gasteiger partial charge >= 0.3 is 6.03 Å². The van der Waals surface area contributed by atoms with Crippen LogP contribution in [0.4, 0.5) is 16.4 Å². The molecule has 11 heteroatoms. The van der Waals surface area contributed by atoms with Crippen LogP contribution in [0.15, 0.2) is 53.4 Å². The largest absolute Gasteiger partial charge is 0.378 e. The number of rotatable bonds is 5. The van der Waals surface area contributed by atoms with Crippen LogP contribution in [0.3, 0.4) is 0 Å². The highest BCUT2D eigenvalue weighted by atomic mass is 32.2. The van der Waals surface area contributed by atoms with E-state index in [2.05, 4.69) is 25.6 Å². The Bertz CT molecular complexity index is 1350. The highest BCUT2D eigenvalue weighted by Gasteiger charge is 2.21. The van der Waals surface area contributed by atoms with Crippen molar-refractivity contribution < 1.29 is 17.9 Å². The van der Waals surface area contributed by atoms with Gasteiger partial charge < -0.3 is 20.3 Å². The van der Waals surface area contributed by atoms with Crippen LogP contribution in [-0.4, -0.2) is 67.5 Å². The lowest BCUT2D eigenvalue weighted by Gasteiger charge is -2.27. The maximum atomic E-state index is 12.4. The molecule has 0 atom stereocenters. The molecule has 10 nitrogen and oxygen atoms in total. The van der Waals surface area contributed by atoms with Gasteiger partial charge in [0.05, 0.1) is 18.1 Å². The number of amides is 2. The summed E-state index contributed by atoms with van der Waals surface area (Å²) in [6.07, 6.45) is 1.17. The average molecular weight is 511 g/mol. The van der Waals surface area contributed by atoms with Crippen molar-refractivity contribution in [3.8, 4) is 22.8 Å². The molecule has 1 aromatic heterocycles. The first-order valence-corrected chi connectivity index (χ1v) is 13.5. The van der Waals surface area contributed by atoms with Crippen LogP contribution in [0, 0.1) is 0 Å². The SMILES string of the molecule is CC(C)(C)NC(=O)Nc1ccc(-c2nc(-c3ccccc3S(C)(=O)=O)nc(N3CCOCC3)n2)cc1. The van der Waals surface area contributed by atoms with Crippen molar-refractivity contribution in [3.05, 3.63) is 48.5 Å². The van der Waals surface area contributed by atoms with Crippen molar-refractivity contribution in [3.63, 3.8) is 0 Å². The molecule has 0 radical (unpaired) electrons. The van der Waals surface area contributed by atoms with Crippen molar-refractivity contribution in [2.24, 2.45) is 0 Å². The molecule has 1 fully saturated rings. The Morgan fingerprint density at radius 1 is 0.944 bits per heavy atom. The molecule has 0 spiro atoms. The second-order valence-electron chi connectivity index (χ2n) is 9.56. The van der Waals surface area contributed by atoms with E-state index in [1.807, 2.05) is 25.7 Å². The van der Waals surface area contributed by atoms with Gasteiger partial charge in [-0.25, -0.2) is 18.2 Å². The van der Waals surface area contributed by atoms with Crippen LogP contribution in [0.1, 0.15) is 20.8 Å². The smallest absolute Gasteiger partial charge is 0.319 e. The monoisotopic (exact) mass is 510 g/mol. The number of carbonyl (C=O) groups excluding carboxylic acids is 1. The number of hydrogen-bond donors (Lipinski definition) is 2. The Hall–Kier alpha value is -3.57. The second kappa shape index (κ2) is 10.2. The van der Waals surface area contributed by atoms with Crippen molar-refractivity contribution in [2.75, 3.05) is 42.8 Å². The van der Waals surface area contributed by atoms with E-state index in [4.69, 9.17) is 4.74 Å². The van der Waals surface area contributed by atoms with E-state index in [1.165, 1.54) is 6.26 Å². The van der Waals surface area contributed by atoms with E-state index in [9.17, 15) is 13.2 Å². The zero-order valence-corrected chi connectivity index (χ0v) is 21.6. The summed E-state index contributed by atoms with van der Waals surface area (Å²) in [5.41, 5.74) is 1.37. The minimum absolute atomic E-state index is 0.152. The van der Waals surface area contributed by atoms with Gasteiger partial charge in [0.2, 0.25) is 5.95 Å². The molecule has 0 aliphatic carbocycles. The maximum absolute atomic E-state index is 12.4. The molecule has 1 aliphatic rings. The van der Waals surface area contributed by atoms with Gasteiger partial charge in [0.25, 0.3) is 0 Å². The summed E-state index contributed by atoms with van der Waals surface area (Å²) in [5, 5.41) is 5.66. The number of urea groups is 1. The fourth-order valence-electron chi connectivity index (χ4n) is 3.70.